The Bertz CT molecular complexity index is 386. The summed E-state index contributed by atoms with van der Waals surface area (Å²) >= 11 is 5.15. The summed E-state index contributed by atoms with van der Waals surface area (Å²) < 4.78 is 36.9. The Hall–Kier alpha value is -1.37. The Morgan fingerprint density at radius 3 is 2.57 bits per heavy atom. The first-order chi connectivity index (χ1) is 6.45. The van der Waals surface area contributed by atoms with E-state index in [1.165, 1.54) is 0 Å². The van der Waals surface area contributed by atoms with Crippen LogP contribution in [0.4, 0.5) is 18.9 Å². The lowest BCUT2D eigenvalue weighted by Gasteiger charge is -2.02. The third-order valence-electron chi connectivity index (χ3n) is 1.37. The van der Waals surface area contributed by atoms with Crippen molar-refractivity contribution in [1.29, 1.82) is 0 Å². The molecular weight excluding hydrogens is 225 g/mol. The monoisotopic (exact) mass is 226 g/mol. The summed E-state index contributed by atoms with van der Waals surface area (Å²) in [4.78, 5) is 12.0. The maximum Gasteiger partial charge on any atom is 0.318 e. The van der Waals surface area contributed by atoms with Crippen LogP contribution in [-0.4, -0.2) is 9.91 Å². The van der Waals surface area contributed by atoms with E-state index < -0.39 is 33.6 Å². The first-order valence-electron chi connectivity index (χ1n) is 3.21. The molecule has 14 heavy (non-hydrogen) atoms. The van der Waals surface area contributed by atoms with E-state index in [0.717, 1.165) is 0 Å². The van der Waals surface area contributed by atoms with Gasteiger partial charge in [-0.3, -0.25) is 10.1 Å². The second-order valence-corrected chi connectivity index (χ2v) is 2.59. The zero-order chi connectivity index (χ0) is 10.9. The molecule has 0 bridgehead atoms. The lowest BCUT2D eigenvalue weighted by atomic mass is 10.3. The number of hydrogen-bond acceptors (Lipinski definition) is 3. The molecular formula is C6H2ClF3N2O2. The summed E-state index contributed by atoms with van der Waals surface area (Å²) in [6.45, 7) is 0. The molecule has 0 aliphatic heterocycles. The van der Waals surface area contributed by atoms with Crippen molar-refractivity contribution < 1.29 is 18.1 Å². The summed E-state index contributed by atoms with van der Waals surface area (Å²) in [7, 11) is 0. The smallest absolute Gasteiger partial charge is 0.258 e. The van der Waals surface area contributed by atoms with Crippen molar-refractivity contribution in [2.45, 2.75) is 6.43 Å². The predicted molar refractivity (Wildman–Crippen MR) is 40.8 cm³/mol. The summed E-state index contributed by atoms with van der Waals surface area (Å²) in [5.74, 6) is -1.21. The molecule has 4 nitrogen and oxygen atoms in total. The SMILES string of the molecule is O=[N+]([O-])c1c(C(F)F)ncc(F)c1Cl. The van der Waals surface area contributed by atoms with E-state index in [2.05, 4.69) is 4.98 Å². The van der Waals surface area contributed by atoms with Crippen molar-refractivity contribution in [3.8, 4) is 0 Å². The topological polar surface area (TPSA) is 56.0 Å². The molecule has 76 valence electrons. The highest BCUT2D eigenvalue weighted by Gasteiger charge is 2.29. The second-order valence-electron chi connectivity index (χ2n) is 2.21. The average molecular weight is 227 g/mol. The van der Waals surface area contributed by atoms with Gasteiger partial charge in [0.2, 0.25) is 0 Å². The van der Waals surface area contributed by atoms with Gasteiger partial charge in [0, 0.05) is 0 Å². The third kappa shape index (κ3) is 1.77. The molecule has 0 radical (unpaired) electrons. The van der Waals surface area contributed by atoms with Crippen LogP contribution in [0, 0.1) is 15.9 Å². The van der Waals surface area contributed by atoms with Crippen molar-refractivity contribution in [2.75, 3.05) is 0 Å². The van der Waals surface area contributed by atoms with E-state index >= 15 is 0 Å². The zero-order valence-corrected chi connectivity index (χ0v) is 7.13. The molecule has 0 N–H and O–H groups in total. The van der Waals surface area contributed by atoms with E-state index in [0.29, 0.717) is 6.20 Å². The van der Waals surface area contributed by atoms with Crippen LogP contribution in [-0.2, 0) is 0 Å². The zero-order valence-electron chi connectivity index (χ0n) is 6.38. The molecule has 0 aliphatic carbocycles. The number of halogens is 4. The largest absolute Gasteiger partial charge is 0.318 e. The average Bonchev–Trinajstić information content (AvgIpc) is 2.08. The van der Waals surface area contributed by atoms with Crippen molar-refractivity contribution in [3.05, 3.63) is 32.8 Å². The minimum atomic E-state index is -3.17. The summed E-state index contributed by atoms with van der Waals surface area (Å²) in [5, 5.41) is 9.32. The number of alkyl halides is 2. The number of aromatic nitrogens is 1. The highest BCUT2D eigenvalue weighted by atomic mass is 35.5. The molecule has 8 heteroatoms. The Labute approximate surface area is 80.5 Å². The molecule has 1 heterocycles. The molecule has 0 aliphatic rings. The molecule has 0 unspecified atom stereocenters. The highest BCUT2D eigenvalue weighted by Crippen LogP contribution is 2.34. The van der Waals surface area contributed by atoms with Gasteiger partial charge in [-0.25, -0.2) is 18.2 Å². The normalized spacial score (nSPS) is 10.6. The van der Waals surface area contributed by atoms with Gasteiger partial charge in [0.1, 0.15) is 0 Å². The van der Waals surface area contributed by atoms with Crippen molar-refractivity contribution in [3.63, 3.8) is 0 Å². The molecule has 0 amide bonds. The Morgan fingerprint density at radius 1 is 1.57 bits per heavy atom. The standard InChI is InChI=1S/C6H2ClF3N2O2/c7-3-2(8)1-11-4(6(9)10)5(3)12(13)14/h1,6H. The van der Waals surface area contributed by atoms with E-state index in [1.54, 1.807) is 0 Å². The molecule has 1 aromatic heterocycles. The van der Waals surface area contributed by atoms with Crippen LogP contribution >= 0.6 is 11.6 Å². The summed E-state index contributed by atoms with van der Waals surface area (Å²) in [6, 6.07) is 0. The minimum Gasteiger partial charge on any atom is -0.258 e. The summed E-state index contributed by atoms with van der Waals surface area (Å²) in [6.07, 6.45) is -2.76. The lowest BCUT2D eigenvalue weighted by molar-refractivity contribution is -0.386. The first-order valence-corrected chi connectivity index (χ1v) is 3.59. The lowest BCUT2D eigenvalue weighted by Crippen LogP contribution is -2.01. The summed E-state index contributed by atoms with van der Waals surface area (Å²) in [5.41, 5.74) is -2.33. The van der Waals surface area contributed by atoms with Gasteiger partial charge < -0.3 is 0 Å². The molecule has 0 fully saturated rings. The third-order valence-corrected chi connectivity index (χ3v) is 1.73. The quantitative estimate of drug-likeness (QED) is 0.575. The highest BCUT2D eigenvalue weighted by molar-refractivity contribution is 6.32. The molecule has 0 saturated heterocycles. The fourth-order valence-electron chi connectivity index (χ4n) is 0.803. The fourth-order valence-corrected chi connectivity index (χ4v) is 1.02. The van der Waals surface area contributed by atoms with E-state index in [1.807, 2.05) is 0 Å². The van der Waals surface area contributed by atoms with Gasteiger partial charge in [-0.2, -0.15) is 0 Å². The number of nitrogens with zero attached hydrogens (tertiary/aromatic N) is 2. The van der Waals surface area contributed by atoms with Crippen LogP contribution in [0.1, 0.15) is 12.1 Å². The molecule has 0 saturated carbocycles. The maximum absolute atomic E-state index is 12.6. The van der Waals surface area contributed by atoms with Gasteiger partial charge in [-0.05, 0) is 0 Å². The Balaban J connectivity index is 3.45. The molecule has 0 aromatic carbocycles. The van der Waals surface area contributed by atoms with E-state index in [-0.39, 0.29) is 0 Å². The number of rotatable bonds is 2. The van der Waals surface area contributed by atoms with Gasteiger partial charge in [0.25, 0.3) is 6.43 Å². The number of hydrogen-bond donors (Lipinski definition) is 0. The van der Waals surface area contributed by atoms with Crippen molar-refractivity contribution >= 4 is 17.3 Å². The molecule has 0 spiro atoms. The van der Waals surface area contributed by atoms with Crippen LogP contribution in [0.3, 0.4) is 0 Å². The van der Waals surface area contributed by atoms with Crippen molar-refractivity contribution in [2.24, 2.45) is 0 Å². The number of pyridine rings is 1. The fraction of sp³-hybridized carbons (Fsp3) is 0.167. The second kappa shape index (κ2) is 3.79. The van der Waals surface area contributed by atoms with Gasteiger partial charge in [0.15, 0.2) is 16.5 Å². The van der Waals surface area contributed by atoms with Crippen LogP contribution < -0.4 is 0 Å². The van der Waals surface area contributed by atoms with Crippen LogP contribution in [0.25, 0.3) is 0 Å². The van der Waals surface area contributed by atoms with E-state index in [9.17, 15) is 23.3 Å². The molecule has 1 aromatic rings. The van der Waals surface area contributed by atoms with Crippen molar-refractivity contribution in [1.82, 2.24) is 4.98 Å². The van der Waals surface area contributed by atoms with Crippen LogP contribution in [0.2, 0.25) is 5.02 Å². The Morgan fingerprint density at radius 2 is 2.14 bits per heavy atom. The first kappa shape index (κ1) is 10.7. The van der Waals surface area contributed by atoms with Gasteiger partial charge >= 0.3 is 5.69 Å². The molecule has 0 atom stereocenters. The molecule has 1 rings (SSSR count). The van der Waals surface area contributed by atoms with Gasteiger partial charge in [-0.15, -0.1) is 0 Å². The predicted octanol–water partition coefficient (Wildman–Crippen LogP) is 2.72. The van der Waals surface area contributed by atoms with Crippen LogP contribution in [0.15, 0.2) is 6.20 Å². The van der Waals surface area contributed by atoms with Gasteiger partial charge in [0.05, 0.1) is 11.1 Å². The van der Waals surface area contributed by atoms with Gasteiger partial charge in [-0.1, -0.05) is 11.6 Å². The minimum absolute atomic E-state index is 0.414. The Kier molecular flexibility index (Phi) is 2.90. The number of nitro groups is 1. The van der Waals surface area contributed by atoms with Crippen LogP contribution in [0.5, 0.6) is 0 Å². The maximum atomic E-state index is 12.6. The van der Waals surface area contributed by atoms with E-state index in [4.69, 9.17) is 11.6 Å².